The normalized spacial score (nSPS) is 15.7. The molecule has 2 amide bonds. The summed E-state index contributed by atoms with van der Waals surface area (Å²) in [6.07, 6.45) is 1.37. The molecule has 1 aliphatic heterocycles. The first-order valence-corrected chi connectivity index (χ1v) is 14.0. The lowest BCUT2D eigenvalue weighted by atomic mass is 9.92. The molecule has 8 heteroatoms. The standard InChI is InChI=1S/C26H43N3O4S/c1-8-34(32,33)28(17-20(2)3)19-24(30)29(18-22-11-9-21(4)10-12-22)23-13-15-27(16-14-23)25(31)26(5,6)7/h9-12,20,23H,8,13-19H2,1-7H3. The van der Waals surface area contributed by atoms with Gasteiger partial charge in [0.05, 0.1) is 12.3 Å². The van der Waals surface area contributed by atoms with Crippen LogP contribution in [-0.2, 0) is 26.2 Å². The van der Waals surface area contributed by atoms with Gasteiger partial charge in [-0.15, -0.1) is 0 Å². The number of sulfonamides is 1. The molecule has 1 aliphatic rings. The monoisotopic (exact) mass is 493 g/mol. The number of rotatable bonds is 9. The Balaban J connectivity index is 2.24. The van der Waals surface area contributed by atoms with E-state index in [-0.39, 0.29) is 36.1 Å². The average molecular weight is 494 g/mol. The summed E-state index contributed by atoms with van der Waals surface area (Å²) < 4.78 is 26.7. The number of carbonyl (C=O) groups excluding carboxylic acids is 2. The molecule has 7 nitrogen and oxygen atoms in total. The first-order valence-electron chi connectivity index (χ1n) is 12.4. The van der Waals surface area contributed by atoms with Crippen LogP contribution in [0, 0.1) is 18.3 Å². The molecule has 1 heterocycles. The summed E-state index contributed by atoms with van der Waals surface area (Å²) in [6.45, 7) is 15.1. The summed E-state index contributed by atoms with van der Waals surface area (Å²) >= 11 is 0. The minimum atomic E-state index is -3.50. The van der Waals surface area contributed by atoms with Gasteiger partial charge in [0.25, 0.3) is 0 Å². The maximum absolute atomic E-state index is 13.6. The van der Waals surface area contributed by atoms with Crippen LogP contribution in [0.5, 0.6) is 0 Å². The first kappa shape index (κ1) is 28.3. The van der Waals surface area contributed by atoms with Crippen LogP contribution in [0.4, 0.5) is 0 Å². The van der Waals surface area contributed by atoms with E-state index in [9.17, 15) is 18.0 Å². The Labute approximate surface area is 206 Å². The van der Waals surface area contributed by atoms with Crippen molar-refractivity contribution < 1.29 is 18.0 Å². The van der Waals surface area contributed by atoms with Gasteiger partial charge in [0.1, 0.15) is 0 Å². The molecule has 192 valence electrons. The minimum Gasteiger partial charge on any atom is -0.342 e. The molecule has 0 N–H and O–H groups in total. The quantitative estimate of drug-likeness (QED) is 0.526. The van der Waals surface area contributed by atoms with E-state index in [0.717, 1.165) is 11.1 Å². The van der Waals surface area contributed by atoms with Crippen LogP contribution >= 0.6 is 0 Å². The third kappa shape index (κ3) is 7.80. The highest BCUT2D eigenvalue weighted by Gasteiger charge is 2.35. The molecular weight excluding hydrogens is 450 g/mol. The fourth-order valence-corrected chi connectivity index (χ4v) is 5.47. The van der Waals surface area contributed by atoms with Crippen LogP contribution in [0.1, 0.15) is 65.5 Å². The molecule has 0 aliphatic carbocycles. The van der Waals surface area contributed by atoms with Gasteiger partial charge in [0.2, 0.25) is 21.8 Å². The molecule has 1 fully saturated rings. The molecule has 0 saturated carbocycles. The first-order chi connectivity index (χ1) is 15.7. The molecule has 1 saturated heterocycles. The van der Waals surface area contributed by atoms with Crippen LogP contribution in [0.2, 0.25) is 0 Å². The number of hydrogen-bond acceptors (Lipinski definition) is 4. The minimum absolute atomic E-state index is 0.0295. The lowest BCUT2D eigenvalue weighted by Crippen LogP contribution is -2.52. The van der Waals surface area contributed by atoms with E-state index in [4.69, 9.17) is 0 Å². The van der Waals surface area contributed by atoms with Crippen LogP contribution in [0.15, 0.2) is 24.3 Å². The van der Waals surface area contributed by atoms with Crippen LogP contribution in [0.3, 0.4) is 0 Å². The SMILES string of the molecule is CCS(=O)(=O)N(CC(=O)N(Cc1ccc(C)cc1)C1CCN(C(=O)C(C)(C)C)CC1)CC(C)C. The zero-order valence-electron chi connectivity index (χ0n) is 22.0. The summed E-state index contributed by atoms with van der Waals surface area (Å²) in [7, 11) is -3.50. The maximum atomic E-state index is 13.6. The van der Waals surface area contributed by atoms with Crippen molar-refractivity contribution in [3.8, 4) is 0 Å². The lowest BCUT2D eigenvalue weighted by Gasteiger charge is -2.41. The van der Waals surface area contributed by atoms with Crippen molar-refractivity contribution in [2.24, 2.45) is 11.3 Å². The Morgan fingerprint density at radius 2 is 1.65 bits per heavy atom. The molecule has 0 spiro atoms. The van der Waals surface area contributed by atoms with Gasteiger partial charge in [-0.3, -0.25) is 9.59 Å². The summed E-state index contributed by atoms with van der Waals surface area (Å²) in [5.74, 6) is 0.0304. The van der Waals surface area contributed by atoms with E-state index >= 15 is 0 Å². The summed E-state index contributed by atoms with van der Waals surface area (Å²) in [5.41, 5.74) is 1.73. The fourth-order valence-electron chi connectivity index (χ4n) is 4.27. The summed E-state index contributed by atoms with van der Waals surface area (Å²) in [6, 6.07) is 8.04. The van der Waals surface area contributed by atoms with Crippen molar-refractivity contribution in [2.45, 2.75) is 73.9 Å². The number of aryl methyl sites for hydroxylation is 1. The van der Waals surface area contributed by atoms with Crippen LogP contribution < -0.4 is 0 Å². The van der Waals surface area contributed by atoms with Crippen LogP contribution in [0.25, 0.3) is 0 Å². The van der Waals surface area contributed by atoms with Crippen LogP contribution in [-0.4, -0.2) is 72.3 Å². The van der Waals surface area contributed by atoms with Crippen molar-refractivity contribution >= 4 is 21.8 Å². The second-order valence-electron chi connectivity index (χ2n) is 10.9. The number of likely N-dealkylation sites (tertiary alicyclic amines) is 1. The Morgan fingerprint density at radius 1 is 1.09 bits per heavy atom. The largest absolute Gasteiger partial charge is 0.342 e. The van der Waals surface area contributed by atoms with E-state index in [1.165, 1.54) is 4.31 Å². The average Bonchev–Trinajstić information content (AvgIpc) is 2.77. The molecular formula is C26H43N3O4S. The van der Waals surface area contributed by atoms with Gasteiger partial charge < -0.3 is 9.80 Å². The predicted octanol–water partition coefficient (Wildman–Crippen LogP) is 3.67. The Bertz CT molecular complexity index is 928. The number of amides is 2. The Kier molecular flexibility index (Phi) is 9.71. The lowest BCUT2D eigenvalue weighted by molar-refractivity contribution is -0.142. The number of piperidine rings is 1. The molecule has 0 radical (unpaired) electrons. The third-order valence-corrected chi connectivity index (χ3v) is 8.06. The second kappa shape index (κ2) is 11.7. The van der Waals surface area contributed by atoms with E-state index in [0.29, 0.717) is 39.0 Å². The van der Waals surface area contributed by atoms with Gasteiger partial charge >= 0.3 is 0 Å². The molecule has 1 aromatic carbocycles. The number of carbonyl (C=O) groups is 2. The van der Waals surface area contributed by atoms with Crippen molar-refractivity contribution in [1.82, 2.24) is 14.1 Å². The highest BCUT2D eigenvalue weighted by atomic mass is 32.2. The topological polar surface area (TPSA) is 78.0 Å². The molecule has 0 bridgehead atoms. The molecule has 1 aromatic rings. The number of nitrogens with zero attached hydrogens (tertiary/aromatic N) is 3. The van der Waals surface area contributed by atoms with Gasteiger partial charge in [-0.05, 0) is 38.2 Å². The van der Waals surface area contributed by atoms with Gasteiger partial charge in [0, 0.05) is 37.6 Å². The van der Waals surface area contributed by atoms with E-state index in [1.807, 2.05) is 75.6 Å². The maximum Gasteiger partial charge on any atom is 0.238 e. The predicted molar refractivity (Wildman–Crippen MR) is 137 cm³/mol. The second-order valence-corrected chi connectivity index (χ2v) is 13.1. The molecule has 34 heavy (non-hydrogen) atoms. The number of benzene rings is 1. The summed E-state index contributed by atoms with van der Waals surface area (Å²) in [4.78, 5) is 30.0. The van der Waals surface area contributed by atoms with Gasteiger partial charge in [-0.25, -0.2) is 8.42 Å². The van der Waals surface area contributed by atoms with Gasteiger partial charge in [0.15, 0.2) is 0 Å². The highest BCUT2D eigenvalue weighted by Crippen LogP contribution is 2.25. The molecule has 0 atom stereocenters. The van der Waals surface area contributed by atoms with E-state index in [1.54, 1.807) is 6.92 Å². The van der Waals surface area contributed by atoms with Gasteiger partial charge in [-0.2, -0.15) is 4.31 Å². The van der Waals surface area contributed by atoms with Crippen molar-refractivity contribution in [3.05, 3.63) is 35.4 Å². The Morgan fingerprint density at radius 3 is 2.12 bits per heavy atom. The fraction of sp³-hybridized carbons (Fsp3) is 0.692. The third-order valence-electron chi connectivity index (χ3n) is 6.27. The van der Waals surface area contributed by atoms with E-state index < -0.39 is 15.4 Å². The molecule has 2 rings (SSSR count). The van der Waals surface area contributed by atoms with Crippen molar-refractivity contribution in [2.75, 3.05) is 31.9 Å². The zero-order chi connectivity index (χ0) is 25.7. The smallest absolute Gasteiger partial charge is 0.238 e. The molecule has 0 aromatic heterocycles. The Hall–Kier alpha value is -1.93. The highest BCUT2D eigenvalue weighted by molar-refractivity contribution is 7.89. The van der Waals surface area contributed by atoms with Crippen molar-refractivity contribution in [1.29, 1.82) is 0 Å². The number of hydrogen-bond donors (Lipinski definition) is 0. The van der Waals surface area contributed by atoms with E-state index in [2.05, 4.69) is 0 Å². The van der Waals surface area contributed by atoms with Crippen molar-refractivity contribution in [3.63, 3.8) is 0 Å². The summed E-state index contributed by atoms with van der Waals surface area (Å²) in [5, 5.41) is 0. The van der Waals surface area contributed by atoms with Gasteiger partial charge in [-0.1, -0.05) is 64.4 Å². The molecule has 0 unspecified atom stereocenters. The zero-order valence-corrected chi connectivity index (χ0v) is 22.8.